The SMILES string of the molecule is CN(C)CC1CN(c2ccc(F)cc2)C(C)(C)CN1. The number of anilines is 1. The first-order chi connectivity index (χ1) is 8.88. The van der Waals surface area contributed by atoms with E-state index in [-0.39, 0.29) is 11.4 Å². The van der Waals surface area contributed by atoms with Crippen LogP contribution in [0.4, 0.5) is 10.1 Å². The molecular formula is C15H24FN3. The molecule has 1 fully saturated rings. The molecule has 2 rings (SSSR count). The molecule has 0 radical (unpaired) electrons. The van der Waals surface area contributed by atoms with E-state index >= 15 is 0 Å². The predicted molar refractivity (Wildman–Crippen MR) is 78.2 cm³/mol. The van der Waals surface area contributed by atoms with Gasteiger partial charge in [-0.25, -0.2) is 4.39 Å². The lowest BCUT2D eigenvalue weighted by molar-refractivity contribution is 0.270. The molecule has 3 nitrogen and oxygen atoms in total. The number of piperazine rings is 1. The summed E-state index contributed by atoms with van der Waals surface area (Å²) in [6.07, 6.45) is 0. The van der Waals surface area contributed by atoms with Crippen molar-refractivity contribution in [2.24, 2.45) is 0 Å². The summed E-state index contributed by atoms with van der Waals surface area (Å²) >= 11 is 0. The number of rotatable bonds is 3. The van der Waals surface area contributed by atoms with Gasteiger partial charge in [0.05, 0.1) is 0 Å². The third kappa shape index (κ3) is 3.45. The lowest BCUT2D eigenvalue weighted by Crippen LogP contribution is -2.64. The van der Waals surface area contributed by atoms with Gasteiger partial charge in [0.15, 0.2) is 0 Å². The highest BCUT2D eigenvalue weighted by Gasteiger charge is 2.34. The summed E-state index contributed by atoms with van der Waals surface area (Å²) in [5, 5.41) is 3.59. The van der Waals surface area contributed by atoms with Crippen LogP contribution in [0, 0.1) is 5.82 Å². The summed E-state index contributed by atoms with van der Waals surface area (Å²) < 4.78 is 13.1. The van der Waals surface area contributed by atoms with E-state index in [0.29, 0.717) is 6.04 Å². The van der Waals surface area contributed by atoms with Crippen LogP contribution in [-0.2, 0) is 0 Å². The molecule has 1 atom stereocenters. The zero-order valence-electron chi connectivity index (χ0n) is 12.3. The highest BCUT2D eigenvalue weighted by molar-refractivity contribution is 5.49. The van der Waals surface area contributed by atoms with Gasteiger partial charge < -0.3 is 15.1 Å². The first-order valence-corrected chi connectivity index (χ1v) is 6.80. The summed E-state index contributed by atoms with van der Waals surface area (Å²) in [7, 11) is 4.17. The van der Waals surface area contributed by atoms with Crippen molar-refractivity contribution >= 4 is 5.69 Å². The van der Waals surface area contributed by atoms with E-state index < -0.39 is 0 Å². The average molecular weight is 265 g/mol. The second-order valence-corrected chi connectivity index (χ2v) is 6.24. The molecule has 19 heavy (non-hydrogen) atoms. The Balaban J connectivity index is 2.16. The van der Waals surface area contributed by atoms with E-state index in [2.05, 4.69) is 43.1 Å². The van der Waals surface area contributed by atoms with Gasteiger partial charge in [-0.15, -0.1) is 0 Å². The fraction of sp³-hybridized carbons (Fsp3) is 0.600. The molecule has 1 heterocycles. The first-order valence-electron chi connectivity index (χ1n) is 6.80. The standard InChI is InChI=1S/C15H24FN3/c1-15(2)11-17-13(9-18(3)4)10-19(15)14-7-5-12(16)6-8-14/h5-8,13,17H,9-11H2,1-4H3. The molecule has 1 aliphatic heterocycles. The number of likely N-dealkylation sites (N-methyl/N-ethyl adjacent to an activating group) is 1. The lowest BCUT2D eigenvalue weighted by Gasteiger charge is -2.48. The van der Waals surface area contributed by atoms with E-state index in [1.165, 1.54) is 12.1 Å². The van der Waals surface area contributed by atoms with Gasteiger partial charge in [-0.2, -0.15) is 0 Å². The van der Waals surface area contributed by atoms with E-state index in [1.807, 2.05) is 12.1 Å². The molecule has 0 amide bonds. The van der Waals surface area contributed by atoms with Gasteiger partial charge in [0, 0.05) is 36.9 Å². The molecule has 1 saturated heterocycles. The van der Waals surface area contributed by atoms with Crippen molar-refractivity contribution in [1.82, 2.24) is 10.2 Å². The Morgan fingerprint density at radius 1 is 1.32 bits per heavy atom. The zero-order chi connectivity index (χ0) is 14.0. The molecule has 0 spiro atoms. The van der Waals surface area contributed by atoms with Gasteiger partial charge in [0.1, 0.15) is 5.82 Å². The molecule has 4 heteroatoms. The van der Waals surface area contributed by atoms with Crippen molar-refractivity contribution in [2.45, 2.75) is 25.4 Å². The van der Waals surface area contributed by atoms with Crippen molar-refractivity contribution in [3.63, 3.8) is 0 Å². The maximum Gasteiger partial charge on any atom is 0.123 e. The van der Waals surface area contributed by atoms with Crippen LogP contribution >= 0.6 is 0 Å². The van der Waals surface area contributed by atoms with Crippen molar-refractivity contribution in [2.75, 3.05) is 38.6 Å². The van der Waals surface area contributed by atoms with Gasteiger partial charge in [-0.1, -0.05) is 0 Å². The fourth-order valence-corrected chi connectivity index (χ4v) is 2.66. The number of nitrogens with one attached hydrogen (secondary N) is 1. The molecule has 1 aliphatic rings. The van der Waals surface area contributed by atoms with Gasteiger partial charge >= 0.3 is 0 Å². The second-order valence-electron chi connectivity index (χ2n) is 6.24. The maximum atomic E-state index is 13.1. The third-order valence-electron chi connectivity index (χ3n) is 3.68. The van der Waals surface area contributed by atoms with Crippen LogP contribution in [0.3, 0.4) is 0 Å². The summed E-state index contributed by atoms with van der Waals surface area (Å²) in [4.78, 5) is 4.57. The zero-order valence-corrected chi connectivity index (χ0v) is 12.3. The fourth-order valence-electron chi connectivity index (χ4n) is 2.66. The molecule has 0 aromatic heterocycles. The largest absolute Gasteiger partial charge is 0.364 e. The third-order valence-corrected chi connectivity index (χ3v) is 3.68. The predicted octanol–water partition coefficient (Wildman–Crippen LogP) is 1.94. The minimum atomic E-state index is -0.179. The summed E-state index contributed by atoms with van der Waals surface area (Å²) in [5.41, 5.74) is 1.14. The smallest absolute Gasteiger partial charge is 0.123 e. The van der Waals surface area contributed by atoms with Gasteiger partial charge in [0.25, 0.3) is 0 Å². The van der Waals surface area contributed by atoms with Crippen LogP contribution in [0.15, 0.2) is 24.3 Å². The number of nitrogens with zero attached hydrogens (tertiary/aromatic N) is 2. The molecule has 1 aromatic rings. The van der Waals surface area contributed by atoms with Crippen LogP contribution in [-0.4, -0.2) is 50.2 Å². The summed E-state index contributed by atoms with van der Waals surface area (Å²) in [5.74, 6) is -0.179. The Kier molecular flexibility index (Phi) is 4.11. The number of halogens is 1. The minimum absolute atomic E-state index is 0.0423. The monoisotopic (exact) mass is 265 g/mol. The van der Waals surface area contributed by atoms with Crippen LogP contribution < -0.4 is 10.2 Å². The molecule has 0 saturated carbocycles. The maximum absolute atomic E-state index is 13.1. The lowest BCUT2D eigenvalue weighted by atomic mass is 9.96. The van der Waals surface area contributed by atoms with Crippen molar-refractivity contribution in [3.05, 3.63) is 30.1 Å². The van der Waals surface area contributed by atoms with E-state index in [9.17, 15) is 4.39 Å². The topological polar surface area (TPSA) is 18.5 Å². The summed E-state index contributed by atoms with van der Waals surface area (Å²) in [6, 6.07) is 7.25. The molecule has 106 valence electrons. The first kappa shape index (κ1) is 14.3. The van der Waals surface area contributed by atoms with Crippen LogP contribution in [0.1, 0.15) is 13.8 Å². The molecule has 1 aromatic carbocycles. The molecule has 1 unspecified atom stereocenters. The van der Waals surface area contributed by atoms with Gasteiger partial charge in [0.2, 0.25) is 0 Å². The molecule has 0 bridgehead atoms. The van der Waals surface area contributed by atoms with E-state index in [4.69, 9.17) is 0 Å². The van der Waals surface area contributed by atoms with Crippen LogP contribution in [0.25, 0.3) is 0 Å². The van der Waals surface area contributed by atoms with Gasteiger partial charge in [-0.3, -0.25) is 0 Å². The summed E-state index contributed by atoms with van der Waals surface area (Å²) in [6.45, 7) is 7.32. The van der Waals surface area contributed by atoms with Crippen molar-refractivity contribution < 1.29 is 4.39 Å². The Bertz CT molecular complexity index is 414. The molecule has 1 N–H and O–H groups in total. The Morgan fingerprint density at radius 3 is 2.53 bits per heavy atom. The Hall–Kier alpha value is -1.13. The average Bonchev–Trinajstić information content (AvgIpc) is 2.32. The minimum Gasteiger partial charge on any atom is -0.364 e. The second kappa shape index (κ2) is 5.47. The number of benzene rings is 1. The quantitative estimate of drug-likeness (QED) is 0.901. The van der Waals surface area contributed by atoms with Crippen LogP contribution in [0.5, 0.6) is 0 Å². The Labute approximate surface area is 115 Å². The van der Waals surface area contributed by atoms with Gasteiger partial charge in [-0.05, 0) is 52.2 Å². The number of hydrogen-bond donors (Lipinski definition) is 1. The normalized spacial score (nSPS) is 22.8. The number of hydrogen-bond acceptors (Lipinski definition) is 3. The molecule has 0 aliphatic carbocycles. The molecular weight excluding hydrogens is 241 g/mol. The van der Waals surface area contributed by atoms with Crippen molar-refractivity contribution in [1.29, 1.82) is 0 Å². The van der Waals surface area contributed by atoms with E-state index in [0.717, 1.165) is 25.3 Å². The Morgan fingerprint density at radius 2 is 1.95 bits per heavy atom. The van der Waals surface area contributed by atoms with Crippen LogP contribution in [0.2, 0.25) is 0 Å². The highest BCUT2D eigenvalue weighted by atomic mass is 19.1. The van der Waals surface area contributed by atoms with Crippen molar-refractivity contribution in [3.8, 4) is 0 Å². The van der Waals surface area contributed by atoms with E-state index in [1.54, 1.807) is 0 Å². The highest BCUT2D eigenvalue weighted by Crippen LogP contribution is 2.26.